The van der Waals surface area contributed by atoms with Crippen molar-refractivity contribution < 1.29 is 22.8 Å². The summed E-state index contributed by atoms with van der Waals surface area (Å²) in [6, 6.07) is 81.7. The van der Waals surface area contributed by atoms with Crippen molar-refractivity contribution in [2.75, 3.05) is 0 Å². The summed E-state index contributed by atoms with van der Waals surface area (Å²) in [6.45, 7) is 41.9. The third-order valence-corrected chi connectivity index (χ3v) is 25.5. The molecule has 21 aromatic rings. The van der Waals surface area contributed by atoms with Crippen LogP contribution in [0.1, 0.15) is 99.8 Å². The Morgan fingerprint density at radius 2 is 0.639 bits per heavy atom. The second-order valence-corrected chi connectivity index (χ2v) is 35.4. The van der Waals surface area contributed by atoms with Crippen molar-refractivity contribution >= 4 is 71.0 Å². The van der Waals surface area contributed by atoms with E-state index in [1.54, 1.807) is 6.20 Å². The minimum atomic E-state index is 0.0300. The van der Waals surface area contributed by atoms with Crippen LogP contribution in [0, 0.1) is 96.6 Å². The standard InChI is InChI=1S/C25H22N3.C24H27N4.C22H23N4.C21H18N5.C21H21N4/c1-17-10-8-9-15-28(17)24-18(2)22(16-19-11-4-5-12-20(19)24)25-21-13-6-7-14-23(21)26-27(25)3;1-16-20(23-19-10-7-8-11-21(19)26-27(23)6)14-18(24(3,4)5)15-22(16)28-13-9-12-25-17(28)2;1-14-13-15(2)21(26-12-8-11-23-17(26)4)16(3)20(14)22-18-9-6-7-10-19(18)24-25(22)5;1-14-18(21-17-8-5-6-9-19(17)24-25(21)4)12-16(22-3)13-20(14)26-11-7-10-23-15(26)2;1-14-12-18(21-17-8-5-6-9-19(17)23-24(21)4)15(2)20(13-14)25-11-7-10-22-16(25)3/h4-16H,1-3H3;7-15H,1-6H3;6-13H,1-5H3;5-13H,1-2,4H3;5-13H,1-4H3/q5*+1. The Kier molecular flexibility index (Phi) is 24.7. The van der Waals surface area contributed by atoms with Crippen LogP contribution in [-0.2, 0) is 40.7 Å². The SMILES string of the molecule is Cc1c(-c2c3ccccc3nn2C)cc(C(C)(C)C)cc1-[n+]1cccnc1C.Cc1c(-c2c3ccccc3nn2C)cc2ccccc2c1-[n+]1ccccc1C.Cc1cc(-c2c3ccccc3nn2C)c(C)c(-[n+]2cccnc2C)c1.Cc1cc(C)c(-[n+]2cccnc2C)c(C)c1-c1c2ccccc2nn1C.[C-]#[N+]c1cc(-c2c3ccccc3nn2C)c(C)c(-[n+]2cccnc2C)c1. The van der Waals surface area contributed by atoms with Crippen LogP contribution in [0.15, 0.2) is 292 Å². The molecular formula is C113H111N20+5. The van der Waals surface area contributed by atoms with Gasteiger partial charge in [-0.2, -0.15) is 34.6 Å². The van der Waals surface area contributed by atoms with Crippen molar-refractivity contribution in [2.45, 2.75) is 116 Å². The van der Waals surface area contributed by atoms with Gasteiger partial charge in [-0.1, -0.05) is 162 Å². The predicted molar refractivity (Wildman–Crippen MR) is 534 cm³/mol. The van der Waals surface area contributed by atoms with Crippen molar-refractivity contribution in [3.63, 3.8) is 0 Å². The van der Waals surface area contributed by atoms with E-state index < -0.39 is 0 Å². The van der Waals surface area contributed by atoms with Crippen LogP contribution in [0.4, 0.5) is 5.69 Å². The highest BCUT2D eigenvalue weighted by Gasteiger charge is 2.30. The maximum atomic E-state index is 7.54. The molecule has 0 bridgehead atoms. The molecule has 0 aliphatic carbocycles. The topological polar surface area (TPSA) is 164 Å². The van der Waals surface area contributed by atoms with E-state index >= 15 is 0 Å². The molecule has 0 saturated heterocycles. The van der Waals surface area contributed by atoms with Crippen LogP contribution >= 0.6 is 0 Å². The van der Waals surface area contributed by atoms with Crippen LogP contribution in [0.2, 0.25) is 0 Å². The normalized spacial score (nSPS) is 11.3. The van der Waals surface area contributed by atoms with Gasteiger partial charge in [-0.15, -0.1) is 0 Å². The minimum Gasteiger partial charge on any atom is -0.267 e. The average Bonchev–Trinajstić information content (AvgIpc) is 1.41. The van der Waals surface area contributed by atoms with Gasteiger partial charge in [0, 0.05) is 183 Å². The Bertz CT molecular complexity index is 8140. The van der Waals surface area contributed by atoms with Crippen molar-refractivity contribution in [2.24, 2.45) is 35.2 Å². The highest BCUT2D eigenvalue weighted by molar-refractivity contribution is 6.02. The molecular weight excluding hydrogens is 1640 g/mol. The summed E-state index contributed by atoms with van der Waals surface area (Å²) in [5, 5.41) is 31.8. The maximum Gasteiger partial charge on any atom is 0.300 e. The summed E-state index contributed by atoms with van der Waals surface area (Å²) < 4.78 is 20.7. The lowest BCUT2D eigenvalue weighted by Gasteiger charge is -2.22. The van der Waals surface area contributed by atoms with E-state index in [0.29, 0.717) is 5.69 Å². The lowest BCUT2D eigenvalue weighted by Crippen LogP contribution is -2.36. The van der Waals surface area contributed by atoms with E-state index in [0.717, 1.165) is 102 Å². The predicted octanol–water partition coefficient (Wildman–Crippen LogP) is 22.2. The molecule has 0 amide bonds. The highest BCUT2D eigenvalue weighted by Crippen LogP contribution is 2.42. The van der Waals surface area contributed by atoms with Crippen LogP contribution < -0.4 is 22.8 Å². The number of hydrogen-bond donors (Lipinski definition) is 0. The Balaban J connectivity index is 0.000000116. The van der Waals surface area contributed by atoms with E-state index in [9.17, 15) is 0 Å². The first-order chi connectivity index (χ1) is 64.1. The summed E-state index contributed by atoms with van der Waals surface area (Å²) in [7, 11) is 10.0. The molecule has 0 N–H and O–H groups in total. The van der Waals surface area contributed by atoms with Crippen molar-refractivity contribution in [3.05, 3.63) is 383 Å². The molecule has 0 fully saturated rings. The zero-order chi connectivity index (χ0) is 93.5. The summed E-state index contributed by atoms with van der Waals surface area (Å²) >= 11 is 0. The van der Waals surface area contributed by atoms with Gasteiger partial charge in [0.1, 0.15) is 72.3 Å². The van der Waals surface area contributed by atoms with E-state index in [-0.39, 0.29) is 5.41 Å². The van der Waals surface area contributed by atoms with Gasteiger partial charge in [0.2, 0.25) is 5.69 Å². The molecule has 20 nitrogen and oxygen atoms in total. The summed E-state index contributed by atoms with van der Waals surface area (Å²) in [4.78, 5) is 21.5. The molecule has 10 heterocycles. The molecule has 133 heavy (non-hydrogen) atoms. The number of pyridine rings is 1. The largest absolute Gasteiger partial charge is 0.300 e. The van der Waals surface area contributed by atoms with Gasteiger partial charge in [0.15, 0.2) is 17.6 Å². The Hall–Kier alpha value is -16.0. The number of hydrogen-bond acceptors (Lipinski definition) is 9. The summed E-state index contributed by atoms with van der Waals surface area (Å²) in [5.41, 5.74) is 35.2. The Morgan fingerprint density at radius 3 is 1.05 bits per heavy atom. The van der Waals surface area contributed by atoms with Crippen molar-refractivity contribution in [1.29, 1.82) is 0 Å². The Morgan fingerprint density at radius 1 is 0.293 bits per heavy atom. The molecule has 0 aliphatic heterocycles. The summed E-state index contributed by atoms with van der Waals surface area (Å²) in [6.07, 6.45) is 17.6. The van der Waals surface area contributed by atoms with Gasteiger partial charge in [0.05, 0.1) is 68.0 Å². The molecule has 0 atom stereocenters. The second-order valence-electron chi connectivity index (χ2n) is 35.4. The summed E-state index contributed by atoms with van der Waals surface area (Å²) in [5.74, 6) is 3.79. The third kappa shape index (κ3) is 17.1. The molecule has 20 heteroatoms. The number of aromatic nitrogens is 19. The van der Waals surface area contributed by atoms with Crippen LogP contribution in [0.3, 0.4) is 0 Å². The Labute approximate surface area is 776 Å². The van der Waals surface area contributed by atoms with Crippen LogP contribution in [0.25, 0.3) is 155 Å². The maximum absolute atomic E-state index is 7.54. The smallest absolute Gasteiger partial charge is 0.267 e. The first-order valence-corrected chi connectivity index (χ1v) is 44.9. The minimum absolute atomic E-state index is 0.0300. The number of benzene rings is 11. The molecule has 658 valence electrons. The first-order valence-electron chi connectivity index (χ1n) is 44.9. The highest BCUT2D eigenvalue weighted by atomic mass is 15.3. The number of fused-ring (bicyclic) bond motifs is 6. The molecule has 0 radical (unpaired) electrons. The second kappa shape index (κ2) is 36.9. The van der Waals surface area contributed by atoms with Gasteiger partial charge in [0.25, 0.3) is 23.3 Å². The van der Waals surface area contributed by atoms with Crippen LogP contribution in [-0.4, -0.2) is 68.8 Å². The number of rotatable bonds is 10. The monoisotopic (exact) mass is 1750 g/mol. The molecule has 0 unspecified atom stereocenters. The molecule has 0 saturated carbocycles. The lowest BCUT2D eigenvalue weighted by molar-refractivity contribution is -0.607. The third-order valence-electron chi connectivity index (χ3n) is 25.5. The van der Waals surface area contributed by atoms with Gasteiger partial charge in [-0.3, -0.25) is 23.4 Å². The molecule has 11 aromatic carbocycles. The van der Waals surface area contributed by atoms with E-state index in [1.807, 2.05) is 195 Å². The van der Waals surface area contributed by atoms with Crippen molar-refractivity contribution in [1.82, 2.24) is 68.8 Å². The fraction of sp³-hybridized carbons (Fsp3) is 0.195. The molecule has 0 aliphatic rings. The fourth-order valence-corrected chi connectivity index (χ4v) is 19.0. The molecule has 21 rings (SSSR count). The molecule has 0 spiro atoms. The fourth-order valence-electron chi connectivity index (χ4n) is 19.0. The lowest BCUT2D eigenvalue weighted by atomic mass is 9.84. The molecule has 10 aromatic heterocycles. The van der Waals surface area contributed by atoms with E-state index in [2.05, 4.69) is 319 Å². The van der Waals surface area contributed by atoms with Crippen LogP contribution in [0.5, 0.6) is 0 Å². The van der Waals surface area contributed by atoms with Gasteiger partial charge in [-0.25, -0.2) is 18.5 Å². The van der Waals surface area contributed by atoms with E-state index in [1.165, 1.54) is 128 Å². The first kappa shape index (κ1) is 89.0. The van der Waals surface area contributed by atoms with Gasteiger partial charge < -0.3 is 0 Å². The van der Waals surface area contributed by atoms with E-state index in [4.69, 9.17) is 21.9 Å². The number of aryl methyl sites for hydroxylation is 13. The van der Waals surface area contributed by atoms with Crippen molar-refractivity contribution in [3.8, 4) is 84.7 Å². The van der Waals surface area contributed by atoms with Gasteiger partial charge in [-0.05, 0) is 173 Å². The quantitative estimate of drug-likeness (QED) is 0.0957. The van der Waals surface area contributed by atoms with Gasteiger partial charge >= 0.3 is 0 Å². The average molecular weight is 1750 g/mol. The zero-order valence-electron chi connectivity index (χ0n) is 79.7. The number of nitrogens with zero attached hydrogens (tertiary/aromatic N) is 20. The zero-order valence-corrected chi connectivity index (χ0v) is 79.7.